The molecule has 0 amide bonds. The standard InChI is InChI=1S/C12H14N2S/c1-9-4-5-14-8-10(13-12(14)7-9)11-3-2-6-15-11/h4-5,7-8,11H,2-3,6H2,1H3. The molecule has 0 saturated carbocycles. The lowest BCUT2D eigenvalue weighted by atomic mass is 10.2. The molecular weight excluding hydrogens is 204 g/mol. The van der Waals surface area contributed by atoms with Crippen LogP contribution in [0.5, 0.6) is 0 Å². The molecule has 0 spiro atoms. The van der Waals surface area contributed by atoms with Crippen molar-refractivity contribution in [2.45, 2.75) is 25.0 Å². The second kappa shape index (κ2) is 3.56. The first-order valence-corrected chi connectivity index (χ1v) is 6.45. The molecule has 0 aromatic carbocycles. The molecule has 15 heavy (non-hydrogen) atoms. The summed E-state index contributed by atoms with van der Waals surface area (Å²) in [6.45, 7) is 2.11. The van der Waals surface area contributed by atoms with E-state index in [4.69, 9.17) is 4.98 Å². The molecule has 1 aliphatic rings. The number of pyridine rings is 1. The van der Waals surface area contributed by atoms with Gasteiger partial charge in [0, 0.05) is 17.6 Å². The molecule has 78 valence electrons. The number of hydrogen-bond acceptors (Lipinski definition) is 2. The van der Waals surface area contributed by atoms with E-state index in [1.54, 1.807) is 0 Å². The lowest BCUT2D eigenvalue weighted by Gasteiger charge is -2.01. The number of nitrogens with zero attached hydrogens (tertiary/aromatic N) is 2. The van der Waals surface area contributed by atoms with Crippen molar-refractivity contribution in [2.75, 3.05) is 5.75 Å². The van der Waals surface area contributed by atoms with Crippen molar-refractivity contribution in [1.82, 2.24) is 9.38 Å². The number of hydrogen-bond donors (Lipinski definition) is 0. The zero-order chi connectivity index (χ0) is 10.3. The first-order valence-electron chi connectivity index (χ1n) is 5.40. The van der Waals surface area contributed by atoms with Gasteiger partial charge in [0.25, 0.3) is 0 Å². The van der Waals surface area contributed by atoms with Gasteiger partial charge in [0.15, 0.2) is 0 Å². The fraction of sp³-hybridized carbons (Fsp3) is 0.417. The van der Waals surface area contributed by atoms with Crippen molar-refractivity contribution in [1.29, 1.82) is 0 Å². The Morgan fingerprint density at radius 2 is 2.47 bits per heavy atom. The number of imidazole rings is 1. The van der Waals surface area contributed by atoms with Crippen LogP contribution in [-0.4, -0.2) is 15.1 Å². The van der Waals surface area contributed by atoms with Crippen LogP contribution in [-0.2, 0) is 0 Å². The molecule has 0 radical (unpaired) electrons. The van der Waals surface area contributed by atoms with E-state index in [-0.39, 0.29) is 0 Å². The summed E-state index contributed by atoms with van der Waals surface area (Å²) in [7, 11) is 0. The van der Waals surface area contributed by atoms with Crippen LogP contribution in [0.3, 0.4) is 0 Å². The van der Waals surface area contributed by atoms with Crippen LogP contribution in [0.1, 0.15) is 29.3 Å². The highest BCUT2D eigenvalue weighted by Gasteiger charge is 2.20. The lowest BCUT2D eigenvalue weighted by Crippen LogP contribution is -1.87. The largest absolute Gasteiger partial charge is 0.307 e. The Balaban J connectivity index is 2.05. The molecule has 2 aromatic heterocycles. The van der Waals surface area contributed by atoms with Gasteiger partial charge in [0.05, 0.1) is 5.69 Å². The third kappa shape index (κ3) is 1.65. The number of thioether (sulfide) groups is 1. The highest BCUT2D eigenvalue weighted by Crippen LogP contribution is 2.39. The minimum Gasteiger partial charge on any atom is -0.307 e. The van der Waals surface area contributed by atoms with Gasteiger partial charge < -0.3 is 4.40 Å². The van der Waals surface area contributed by atoms with E-state index in [0.717, 1.165) is 5.65 Å². The molecule has 3 heteroatoms. The zero-order valence-corrected chi connectivity index (χ0v) is 9.63. The summed E-state index contributed by atoms with van der Waals surface area (Å²) < 4.78 is 2.13. The minimum atomic E-state index is 0.630. The van der Waals surface area contributed by atoms with Gasteiger partial charge in [0.1, 0.15) is 5.65 Å². The molecular formula is C12H14N2S. The average molecular weight is 218 g/mol. The molecule has 1 aliphatic heterocycles. The predicted molar refractivity (Wildman–Crippen MR) is 64.4 cm³/mol. The Morgan fingerprint density at radius 3 is 3.27 bits per heavy atom. The maximum Gasteiger partial charge on any atom is 0.137 e. The van der Waals surface area contributed by atoms with Gasteiger partial charge in [0.2, 0.25) is 0 Å². The molecule has 1 fully saturated rings. The van der Waals surface area contributed by atoms with Crippen LogP contribution in [0.15, 0.2) is 24.5 Å². The van der Waals surface area contributed by atoms with E-state index >= 15 is 0 Å². The first kappa shape index (κ1) is 9.28. The zero-order valence-electron chi connectivity index (χ0n) is 8.81. The third-order valence-corrected chi connectivity index (χ3v) is 4.30. The third-order valence-electron chi connectivity index (χ3n) is 2.89. The Hall–Kier alpha value is -0.960. The summed E-state index contributed by atoms with van der Waals surface area (Å²) in [4.78, 5) is 4.70. The summed E-state index contributed by atoms with van der Waals surface area (Å²) in [6.07, 6.45) is 6.90. The fourth-order valence-electron chi connectivity index (χ4n) is 2.07. The topological polar surface area (TPSA) is 17.3 Å². The van der Waals surface area contributed by atoms with Gasteiger partial charge in [-0.1, -0.05) is 0 Å². The molecule has 3 heterocycles. The van der Waals surface area contributed by atoms with E-state index in [2.05, 4.69) is 35.9 Å². The minimum absolute atomic E-state index is 0.630. The van der Waals surface area contributed by atoms with Gasteiger partial charge in [-0.2, -0.15) is 11.8 Å². The van der Waals surface area contributed by atoms with Crippen LogP contribution < -0.4 is 0 Å². The van der Waals surface area contributed by atoms with Gasteiger partial charge in [-0.15, -0.1) is 0 Å². The smallest absolute Gasteiger partial charge is 0.137 e. The molecule has 0 N–H and O–H groups in total. The number of fused-ring (bicyclic) bond motifs is 1. The average Bonchev–Trinajstić information content (AvgIpc) is 2.84. The highest BCUT2D eigenvalue weighted by atomic mass is 32.2. The lowest BCUT2D eigenvalue weighted by molar-refractivity contribution is 0.813. The van der Waals surface area contributed by atoms with E-state index in [9.17, 15) is 0 Å². The SMILES string of the molecule is Cc1ccn2cc(C3CCCS3)nc2c1. The van der Waals surface area contributed by atoms with Crippen LogP contribution >= 0.6 is 11.8 Å². The van der Waals surface area contributed by atoms with E-state index in [1.807, 2.05) is 11.8 Å². The van der Waals surface area contributed by atoms with Crippen LogP contribution in [0.2, 0.25) is 0 Å². The normalized spacial score (nSPS) is 21.3. The number of rotatable bonds is 1. The highest BCUT2D eigenvalue weighted by molar-refractivity contribution is 7.99. The Labute approximate surface area is 93.7 Å². The Bertz CT molecular complexity index is 483. The monoisotopic (exact) mass is 218 g/mol. The summed E-state index contributed by atoms with van der Waals surface area (Å²) in [5, 5.41) is 0.630. The Kier molecular flexibility index (Phi) is 2.20. The van der Waals surface area contributed by atoms with E-state index < -0.39 is 0 Å². The van der Waals surface area contributed by atoms with Crippen molar-refractivity contribution < 1.29 is 0 Å². The second-order valence-electron chi connectivity index (χ2n) is 4.14. The summed E-state index contributed by atoms with van der Waals surface area (Å²) >= 11 is 2.04. The second-order valence-corrected chi connectivity index (χ2v) is 5.45. The van der Waals surface area contributed by atoms with E-state index in [0.29, 0.717) is 5.25 Å². The van der Waals surface area contributed by atoms with Crippen LogP contribution in [0.25, 0.3) is 5.65 Å². The van der Waals surface area contributed by atoms with Gasteiger partial charge in [-0.25, -0.2) is 4.98 Å². The summed E-state index contributed by atoms with van der Waals surface area (Å²) in [5.74, 6) is 1.29. The molecule has 0 bridgehead atoms. The maximum atomic E-state index is 4.70. The van der Waals surface area contributed by atoms with Gasteiger partial charge in [-0.3, -0.25) is 0 Å². The summed E-state index contributed by atoms with van der Waals surface area (Å²) in [5.41, 5.74) is 3.61. The molecule has 1 unspecified atom stereocenters. The molecule has 2 nitrogen and oxygen atoms in total. The summed E-state index contributed by atoms with van der Waals surface area (Å²) in [6, 6.07) is 4.27. The first-order chi connectivity index (χ1) is 7.33. The van der Waals surface area contributed by atoms with E-state index in [1.165, 1.54) is 29.9 Å². The van der Waals surface area contributed by atoms with Gasteiger partial charge >= 0.3 is 0 Å². The molecule has 1 saturated heterocycles. The van der Waals surface area contributed by atoms with Crippen molar-refractivity contribution >= 4 is 17.4 Å². The van der Waals surface area contributed by atoms with Crippen molar-refractivity contribution in [2.24, 2.45) is 0 Å². The molecule has 0 aliphatic carbocycles. The maximum absolute atomic E-state index is 4.70. The van der Waals surface area contributed by atoms with Crippen LogP contribution in [0.4, 0.5) is 0 Å². The van der Waals surface area contributed by atoms with Crippen molar-refractivity contribution in [3.8, 4) is 0 Å². The van der Waals surface area contributed by atoms with Crippen molar-refractivity contribution in [3.63, 3.8) is 0 Å². The number of aryl methyl sites for hydroxylation is 1. The molecule has 1 atom stereocenters. The van der Waals surface area contributed by atoms with Crippen molar-refractivity contribution in [3.05, 3.63) is 35.8 Å². The number of aromatic nitrogens is 2. The predicted octanol–water partition coefficient (Wildman–Crippen LogP) is 3.21. The molecule has 2 aromatic rings. The Morgan fingerprint density at radius 1 is 1.53 bits per heavy atom. The quantitative estimate of drug-likeness (QED) is 0.731. The molecule has 3 rings (SSSR count). The fourth-order valence-corrected chi connectivity index (χ4v) is 3.30. The van der Waals surface area contributed by atoms with Crippen LogP contribution in [0, 0.1) is 6.92 Å². The van der Waals surface area contributed by atoms with Gasteiger partial charge in [-0.05, 0) is 43.2 Å².